The lowest BCUT2D eigenvalue weighted by atomic mass is 10.1. The fraction of sp³-hybridized carbons (Fsp3) is 0.917. The van der Waals surface area contributed by atoms with E-state index in [0.717, 1.165) is 19.4 Å². The lowest BCUT2D eigenvalue weighted by Gasteiger charge is -2.43. The Morgan fingerprint density at radius 2 is 1.71 bits per heavy atom. The van der Waals surface area contributed by atoms with Gasteiger partial charge < -0.3 is 8.99 Å². The van der Waals surface area contributed by atoms with Crippen LogP contribution in [-0.2, 0) is 9.22 Å². The van der Waals surface area contributed by atoms with Gasteiger partial charge in [0.05, 0.1) is 0 Å². The summed E-state index contributed by atoms with van der Waals surface area (Å²) in [6, 6.07) is 0.0298. The summed E-state index contributed by atoms with van der Waals surface area (Å²) in [7, 11) is -3.16. The van der Waals surface area contributed by atoms with Crippen LogP contribution >= 0.6 is 0 Å². The molecule has 1 aliphatic heterocycles. The highest BCUT2D eigenvalue weighted by molar-refractivity contribution is 6.74. The summed E-state index contributed by atoms with van der Waals surface area (Å²) in [4.78, 5) is 12.3. The molecule has 0 bridgehead atoms. The van der Waals surface area contributed by atoms with Crippen LogP contribution in [0.2, 0.25) is 39.3 Å². The van der Waals surface area contributed by atoms with Gasteiger partial charge in [0.2, 0.25) is 8.32 Å². The molecule has 0 aromatic heterocycles. The number of hydrogen-bond acceptors (Lipinski definition) is 3. The van der Waals surface area contributed by atoms with Crippen LogP contribution in [0.4, 0.5) is 0 Å². The molecule has 1 saturated heterocycles. The van der Waals surface area contributed by atoms with Gasteiger partial charge in [-0.05, 0) is 39.0 Å². The van der Waals surface area contributed by atoms with Crippen LogP contribution in [0, 0.1) is 0 Å². The Hall–Kier alpha value is -0.136. The van der Waals surface area contributed by atoms with Crippen molar-refractivity contribution in [2.75, 3.05) is 6.54 Å². The molecule has 0 N–H and O–H groups in total. The Balaban J connectivity index is 2.75. The molecule has 0 saturated carbocycles. The third kappa shape index (κ3) is 4.56. The molecule has 1 heterocycles. The van der Waals surface area contributed by atoms with Gasteiger partial charge in [-0.3, -0.25) is 4.79 Å². The highest BCUT2D eigenvalue weighted by Crippen LogP contribution is 2.25. The first kappa shape index (κ1) is 14.9. The second-order valence-corrected chi connectivity index (χ2v) is 16.3. The standard InChI is InChI=1S/C12H27NO2Si2/c1-16(2,3)13-10-8-7-9-11(13)12(14)15-17(4,5)6/h11H,7-10H2,1-6H3. The molecular weight excluding hydrogens is 246 g/mol. The third-order valence-corrected chi connectivity index (χ3v) is 6.12. The summed E-state index contributed by atoms with van der Waals surface area (Å²) in [6.45, 7) is 14.2. The van der Waals surface area contributed by atoms with Gasteiger partial charge in [0, 0.05) is 0 Å². The molecule has 1 atom stereocenters. The van der Waals surface area contributed by atoms with Crippen LogP contribution in [0.15, 0.2) is 0 Å². The van der Waals surface area contributed by atoms with E-state index in [1.54, 1.807) is 0 Å². The number of hydrogen-bond donors (Lipinski definition) is 0. The zero-order valence-electron chi connectivity index (χ0n) is 12.2. The largest absolute Gasteiger partial charge is 0.519 e. The van der Waals surface area contributed by atoms with E-state index < -0.39 is 16.6 Å². The van der Waals surface area contributed by atoms with Gasteiger partial charge in [0.1, 0.15) is 14.3 Å². The van der Waals surface area contributed by atoms with Crippen molar-refractivity contribution in [3.8, 4) is 0 Å². The van der Waals surface area contributed by atoms with Crippen molar-refractivity contribution in [1.29, 1.82) is 0 Å². The van der Waals surface area contributed by atoms with Crippen LogP contribution in [0.25, 0.3) is 0 Å². The van der Waals surface area contributed by atoms with Gasteiger partial charge in [-0.25, -0.2) is 0 Å². The molecule has 3 nitrogen and oxygen atoms in total. The fourth-order valence-electron chi connectivity index (χ4n) is 2.35. The summed E-state index contributed by atoms with van der Waals surface area (Å²) in [6.07, 6.45) is 3.36. The SMILES string of the molecule is C[Si](C)(C)OC(=O)C1CCCCN1[Si](C)(C)C. The van der Waals surface area contributed by atoms with Crippen molar-refractivity contribution in [3.63, 3.8) is 0 Å². The predicted octanol–water partition coefficient (Wildman–Crippen LogP) is 3.05. The van der Waals surface area contributed by atoms with Gasteiger partial charge in [-0.1, -0.05) is 26.1 Å². The van der Waals surface area contributed by atoms with Crippen molar-refractivity contribution in [1.82, 2.24) is 4.57 Å². The van der Waals surface area contributed by atoms with Crippen molar-refractivity contribution >= 4 is 22.5 Å². The van der Waals surface area contributed by atoms with Gasteiger partial charge in [0.25, 0.3) is 0 Å². The Kier molecular flexibility index (Phi) is 4.60. The minimum Gasteiger partial charge on any atom is -0.519 e. The summed E-state index contributed by atoms with van der Waals surface area (Å²) >= 11 is 0. The molecule has 1 fully saturated rings. The first-order valence-electron chi connectivity index (χ1n) is 6.61. The van der Waals surface area contributed by atoms with Crippen LogP contribution < -0.4 is 0 Å². The van der Waals surface area contributed by atoms with E-state index in [1.807, 2.05) is 0 Å². The smallest absolute Gasteiger partial charge is 0.309 e. The van der Waals surface area contributed by atoms with E-state index in [2.05, 4.69) is 43.8 Å². The monoisotopic (exact) mass is 273 g/mol. The fourth-order valence-corrected chi connectivity index (χ4v) is 5.09. The molecule has 0 spiro atoms. The molecule has 0 radical (unpaired) electrons. The van der Waals surface area contributed by atoms with Crippen molar-refractivity contribution in [3.05, 3.63) is 0 Å². The maximum Gasteiger partial charge on any atom is 0.309 e. The highest BCUT2D eigenvalue weighted by Gasteiger charge is 2.38. The van der Waals surface area contributed by atoms with Crippen LogP contribution in [-0.4, -0.2) is 39.7 Å². The number of carbonyl (C=O) groups excluding carboxylic acids is 1. The molecule has 0 aromatic carbocycles. The zero-order valence-corrected chi connectivity index (χ0v) is 14.2. The molecule has 1 rings (SSSR count). The van der Waals surface area contributed by atoms with Crippen LogP contribution in [0.3, 0.4) is 0 Å². The zero-order chi connectivity index (χ0) is 13.3. The van der Waals surface area contributed by atoms with E-state index in [9.17, 15) is 4.79 Å². The molecular formula is C12H27NO2Si2. The van der Waals surface area contributed by atoms with Gasteiger partial charge >= 0.3 is 5.97 Å². The number of nitrogens with zero attached hydrogens (tertiary/aromatic N) is 1. The quantitative estimate of drug-likeness (QED) is 0.740. The second-order valence-electron chi connectivity index (χ2n) is 6.91. The number of rotatable bonds is 3. The van der Waals surface area contributed by atoms with E-state index in [-0.39, 0.29) is 12.0 Å². The molecule has 0 aromatic rings. The highest BCUT2D eigenvalue weighted by atomic mass is 28.4. The lowest BCUT2D eigenvalue weighted by molar-refractivity contribution is -0.140. The normalized spacial score (nSPS) is 23.5. The Labute approximate surface area is 108 Å². The van der Waals surface area contributed by atoms with Crippen molar-refractivity contribution in [2.24, 2.45) is 0 Å². The average molecular weight is 274 g/mol. The summed E-state index contributed by atoms with van der Waals surface area (Å²) in [5.74, 6) is 0.0336. The van der Waals surface area contributed by atoms with Crippen LogP contribution in [0.1, 0.15) is 19.3 Å². The topological polar surface area (TPSA) is 29.5 Å². The molecule has 0 aliphatic carbocycles. The summed E-state index contributed by atoms with van der Waals surface area (Å²) in [5.41, 5.74) is 0. The Morgan fingerprint density at radius 3 is 2.18 bits per heavy atom. The third-order valence-electron chi connectivity index (χ3n) is 3.04. The molecule has 0 amide bonds. The van der Waals surface area contributed by atoms with Gasteiger partial charge in [-0.15, -0.1) is 0 Å². The van der Waals surface area contributed by atoms with E-state index in [4.69, 9.17) is 4.43 Å². The molecule has 100 valence electrons. The lowest BCUT2D eigenvalue weighted by Crippen LogP contribution is -2.58. The molecule has 5 heteroatoms. The van der Waals surface area contributed by atoms with E-state index in [1.165, 1.54) is 6.42 Å². The minimum atomic E-state index is -1.75. The van der Waals surface area contributed by atoms with E-state index in [0.29, 0.717) is 0 Å². The second kappa shape index (κ2) is 5.24. The minimum absolute atomic E-state index is 0.0298. The molecule has 1 unspecified atom stereocenters. The maximum atomic E-state index is 12.3. The molecule has 17 heavy (non-hydrogen) atoms. The Morgan fingerprint density at radius 1 is 1.12 bits per heavy atom. The summed E-state index contributed by atoms with van der Waals surface area (Å²) < 4.78 is 8.13. The maximum absolute atomic E-state index is 12.3. The number of piperidine rings is 1. The van der Waals surface area contributed by atoms with Gasteiger partial charge in [0.15, 0.2) is 0 Å². The first-order valence-corrected chi connectivity index (χ1v) is 13.5. The average Bonchev–Trinajstić information content (AvgIpc) is 2.13. The number of carbonyl (C=O) groups is 1. The van der Waals surface area contributed by atoms with Crippen molar-refractivity contribution in [2.45, 2.75) is 64.6 Å². The summed E-state index contributed by atoms with van der Waals surface area (Å²) in [5, 5.41) is 0. The molecule has 1 aliphatic rings. The Bertz CT molecular complexity index is 281. The van der Waals surface area contributed by atoms with Crippen molar-refractivity contribution < 1.29 is 9.22 Å². The van der Waals surface area contributed by atoms with Gasteiger partial charge in [-0.2, -0.15) is 0 Å². The predicted molar refractivity (Wildman–Crippen MR) is 77.1 cm³/mol. The first-order chi connectivity index (χ1) is 7.61. The van der Waals surface area contributed by atoms with E-state index >= 15 is 0 Å². The van der Waals surface area contributed by atoms with Crippen LogP contribution in [0.5, 0.6) is 0 Å².